The molecule has 24 heavy (non-hydrogen) atoms. The number of carbonyl (C=O) groups is 2. The molecule has 128 valence electrons. The average molecular weight is 351 g/mol. The van der Waals surface area contributed by atoms with E-state index >= 15 is 0 Å². The number of nitrogens with one attached hydrogen (secondary N) is 1. The van der Waals surface area contributed by atoms with E-state index in [1.165, 1.54) is 4.90 Å². The Morgan fingerprint density at radius 2 is 2.17 bits per heavy atom. The molecule has 2 fully saturated rings. The SMILES string of the molecule is C[C@@H]1CCCC[C@]12NC(=O)N(Cc1cc(Cl)c3c(c1)OCO3)C2=O. The van der Waals surface area contributed by atoms with Gasteiger partial charge in [-0.05, 0) is 36.5 Å². The summed E-state index contributed by atoms with van der Waals surface area (Å²) in [6, 6.07) is 3.15. The number of hydrogen-bond acceptors (Lipinski definition) is 4. The molecule has 0 radical (unpaired) electrons. The predicted octanol–water partition coefficient (Wildman–Crippen LogP) is 3.07. The molecule has 1 spiro atoms. The summed E-state index contributed by atoms with van der Waals surface area (Å²) in [5, 5.41) is 3.38. The van der Waals surface area contributed by atoms with E-state index in [1.807, 2.05) is 6.92 Å². The number of urea groups is 1. The molecule has 3 aliphatic rings. The van der Waals surface area contributed by atoms with Crippen LogP contribution < -0.4 is 14.8 Å². The van der Waals surface area contributed by atoms with Gasteiger partial charge in [0.1, 0.15) is 5.54 Å². The summed E-state index contributed by atoms with van der Waals surface area (Å²) in [7, 11) is 0. The van der Waals surface area contributed by atoms with Gasteiger partial charge in [0.2, 0.25) is 6.79 Å². The summed E-state index contributed by atoms with van der Waals surface area (Å²) in [5.41, 5.74) is 0.00315. The molecule has 6 nitrogen and oxygen atoms in total. The molecule has 1 N–H and O–H groups in total. The zero-order chi connectivity index (χ0) is 16.9. The van der Waals surface area contributed by atoms with Gasteiger partial charge >= 0.3 is 6.03 Å². The fourth-order valence-electron chi connectivity index (χ4n) is 3.93. The van der Waals surface area contributed by atoms with E-state index in [0.717, 1.165) is 24.8 Å². The fraction of sp³-hybridized carbons (Fsp3) is 0.529. The van der Waals surface area contributed by atoms with Crippen molar-refractivity contribution in [1.29, 1.82) is 0 Å². The molecule has 0 unspecified atom stereocenters. The fourth-order valence-corrected chi connectivity index (χ4v) is 4.22. The van der Waals surface area contributed by atoms with E-state index in [9.17, 15) is 9.59 Å². The number of carbonyl (C=O) groups excluding carboxylic acids is 2. The summed E-state index contributed by atoms with van der Waals surface area (Å²) in [6.45, 7) is 2.34. The smallest absolute Gasteiger partial charge is 0.325 e. The first kappa shape index (κ1) is 15.6. The number of nitrogens with zero attached hydrogens (tertiary/aromatic N) is 1. The summed E-state index contributed by atoms with van der Waals surface area (Å²) in [4.78, 5) is 26.7. The van der Waals surface area contributed by atoms with Crippen molar-refractivity contribution in [2.24, 2.45) is 5.92 Å². The zero-order valence-electron chi connectivity index (χ0n) is 13.4. The number of imide groups is 1. The second-order valence-corrected chi connectivity index (χ2v) is 7.16. The lowest BCUT2D eigenvalue weighted by atomic mass is 9.73. The molecule has 3 amide bonds. The van der Waals surface area contributed by atoms with Crippen LogP contribution in [0.5, 0.6) is 11.5 Å². The van der Waals surface area contributed by atoms with Crippen molar-refractivity contribution in [1.82, 2.24) is 10.2 Å². The highest BCUT2D eigenvalue weighted by Crippen LogP contribution is 2.41. The highest BCUT2D eigenvalue weighted by Gasteiger charge is 2.54. The van der Waals surface area contributed by atoms with Crippen molar-refractivity contribution >= 4 is 23.5 Å². The minimum absolute atomic E-state index is 0.127. The van der Waals surface area contributed by atoms with Crippen LogP contribution in [0.4, 0.5) is 4.79 Å². The molecule has 1 aromatic carbocycles. The van der Waals surface area contributed by atoms with E-state index in [1.54, 1.807) is 12.1 Å². The number of amides is 3. The van der Waals surface area contributed by atoms with E-state index < -0.39 is 5.54 Å². The van der Waals surface area contributed by atoms with Gasteiger partial charge in [-0.3, -0.25) is 9.69 Å². The first-order chi connectivity index (χ1) is 11.5. The molecule has 0 aromatic heterocycles. The minimum Gasteiger partial charge on any atom is -0.454 e. The van der Waals surface area contributed by atoms with Crippen molar-refractivity contribution in [3.63, 3.8) is 0 Å². The molecule has 1 aromatic rings. The van der Waals surface area contributed by atoms with Gasteiger partial charge in [-0.15, -0.1) is 0 Å². The van der Waals surface area contributed by atoms with Gasteiger partial charge in [0, 0.05) is 0 Å². The molecule has 4 rings (SSSR count). The summed E-state index contributed by atoms with van der Waals surface area (Å²) < 4.78 is 10.6. The number of hydrogen-bond donors (Lipinski definition) is 1. The van der Waals surface area contributed by atoms with Crippen LogP contribution in [-0.4, -0.2) is 29.2 Å². The van der Waals surface area contributed by atoms with Crippen LogP contribution in [0.3, 0.4) is 0 Å². The lowest BCUT2D eigenvalue weighted by Gasteiger charge is -2.36. The van der Waals surface area contributed by atoms with Crippen molar-refractivity contribution in [2.75, 3.05) is 6.79 Å². The molecule has 1 saturated carbocycles. The third-order valence-electron chi connectivity index (χ3n) is 5.33. The molecule has 2 heterocycles. The van der Waals surface area contributed by atoms with E-state index in [0.29, 0.717) is 22.9 Å². The van der Waals surface area contributed by atoms with Crippen molar-refractivity contribution in [2.45, 2.75) is 44.7 Å². The monoisotopic (exact) mass is 350 g/mol. The topological polar surface area (TPSA) is 67.9 Å². The third-order valence-corrected chi connectivity index (χ3v) is 5.61. The van der Waals surface area contributed by atoms with E-state index in [2.05, 4.69) is 5.32 Å². The Morgan fingerprint density at radius 1 is 1.33 bits per heavy atom. The quantitative estimate of drug-likeness (QED) is 0.832. The van der Waals surface area contributed by atoms with Crippen molar-refractivity contribution in [3.8, 4) is 11.5 Å². The van der Waals surface area contributed by atoms with Crippen LogP contribution in [0, 0.1) is 5.92 Å². The molecule has 1 aliphatic carbocycles. The Kier molecular flexibility index (Phi) is 3.60. The van der Waals surface area contributed by atoms with Gasteiger partial charge in [-0.25, -0.2) is 4.79 Å². The second kappa shape index (κ2) is 5.55. The Morgan fingerprint density at radius 3 is 2.96 bits per heavy atom. The van der Waals surface area contributed by atoms with Crippen LogP contribution in [0.15, 0.2) is 12.1 Å². The van der Waals surface area contributed by atoms with Gasteiger partial charge in [0.05, 0.1) is 11.6 Å². The first-order valence-electron chi connectivity index (χ1n) is 8.23. The molecule has 2 atom stereocenters. The van der Waals surface area contributed by atoms with Crippen LogP contribution in [-0.2, 0) is 11.3 Å². The van der Waals surface area contributed by atoms with Gasteiger partial charge in [0.15, 0.2) is 11.5 Å². The van der Waals surface area contributed by atoms with Gasteiger partial charge in [-0.2, -0.15) is 0 Å². The van der Waals surface area contributed by atoms with Crippen LogP contribution in [0.1, 0.15) is 38.2 Å². The van der Waals surface area contributed by atoms with Crippen molar-refractivity contribution < 1.29 is 19.1 Å². The Hall–Kier alpha value is -1.95. The van der Waals surface area contributed by atoms with Gasteiger partial charge < -0.3 is 14.8 Å². The van der Waals surface area contributed by atoms with Gasteiger partial charge in [-0.1, -0.05) is 31.4 Å². The Bertz CT molecular complexity index is 723. The molecule has 2 aliphatic heterocycles. The van der Waals surface area contributed by atoms with Crippen LogP contribution in [0.25, 0.3) is 0 Å². The number of benzene rings is 1. The molecule has 7 heteroatoms. The first-order valence-corrected chi connectivity index (χ1v) is 8.61. The molecular formula is C17H19ClN2O4. The normalized spacial score (nSPS) is 28.6. The highest BCUT2D eigenvalue weighted by molar-refractivity contribution is 6.32. The summed E-state index contributed by atoms with van der Waals surface area (Å²) in [5.74, 6) is 1.07. The maximum atomic E-state index is 13.0. The maximum absolute atomic E-state index is 13.0. The summed E-state index contributed by atoms with van der Waals surface area (Å²) >= 11 is 6.19. The lowest BCUT2D eigenvalue weighted by Crippen LogP contribution is -2.53. The third kappa shape index (κ3) is 2.24. The van der Waals surface area contributed by atoms with E-state index in [4.69, 9.17) is 21.1 Å². The molecule has 1 saturated heterocycles. The zero-order valence-corrected chi connectivity index (χ0v) is 14.2. The maximum Gasteiger partial charge on any atom is 0.325 e. The Balaban J connectivity index is 1.60. The van der Waals surface area contributed by atoms with Crippen molar-refractivity contribution in [3.05, 3.63) is 22.7 Å². The Labute approximate surface area is 145 Å². The summed E-state index contributed by atoms with van der Waals surface area (Å²) in [6.07, 6.45) is 3.72. The number of halogens is 1. The highest BCUT2D eigenvalue weighted by atomic mass is 35.5. The van der Waals surface area contributed by atoms with Crippen LogP contribution >= 0.6 is 11.6 Å². The standard InChI is InChI=1S/C17H19ClN2O4/c1-10-4-2-3-5-17(10)15(21)20(16(22)19-17)8-11-6-12(18)14-13(7-11)23-9-24-14/h6-7,10H,2-5,8-9H2,1H3,(H,19,22)/t10-,17+/m1/s1. The largest absolute Gasteiger partial charge is 0.454 e. The number of ether oxygens (including phenoxy) is 2. The van der Waals surface area contributed by atoms with Gasteiger partial charge in [0.25, 0.3) is 5.91 Å². The molecular weight excluding hydrogens is 332 g/mol. The number of fused-ring (bicyclic) bond motifs is 1. The second-order valence-electron chi connectivity index (χ2n) is 6.75. The average Bonchev–Trinajstić information content (AvgIpc) is 3.10. The molecule has 0 bridgehead atoms. The predicted molar refractivity (Wildman–Crippen MR) is 87.0 cm³/mol. The lowest BCUT2D eigenvalue weighted by molar-refractivity contribution is -0.134. The van der Waals surface area contributed by atoms with E-state index in [-0.39, 0.29) is 31.2 Å². The minimum atomic E-state index is -0.741. The van der Waals surface area contributed by atoms with Crippen LogP contribution in [0.2, 0.25) is 5.02 Å². The number of rotatable bonds is 2.